The molecule has 4 heteroatoms. The molecule has 0 saturated heterocycles. The Morgan fingerprint density at radius 2 is 1.89 bits per heavy atom. The molecule has 0 aromatic heterocycles. The van der Waals surface area contributed by atoms with Gasteiger partial charge in [-0.25, -0.2) is 9.79 Å². The number of ether oxygens (including phenoxy) is 2. The molecule has 0 rings (SSSR count). The van der Waals surface area contributed by atoms with Gasteiger partial charge in [0.1, 0.15) is 11.3 Å². The summed E-state index contributed by atoms with van der Waals surface area (Å²) in [6, 6.07) is 0. The summed E-state index contributed by atoms with van der Waals surface area (Å²) < 4.78 is 10.7. The van der Waals surface area contributed by atoms with Crippen molar-refractivity contribution in [1.29, 1.82) is 0 Å². The minimum absolute atomic E-state index is 0.275. The lowest BCUT2D eigenvalue weighted by molar-refractivity contribution is -0.138. The molecule has 18 heavy (non-hydrogen) atoms. The van der Waals surface area contributed by atoms with E-state index in [1.165, 1.54) is 0 Å². The first-order valence-electron chi connectivity index (χ1n) is 6.50. The number of rotatable bonds is 6. The van der Waals surface area contributed by atoms with Gasteiger partial charge < -0.3 is 9.47 Å². The van der Waals surface area contributed by atoms with E-state index < -0.39 is 5.97 Å². The number of hydrogen-bond donors (Lipinski definition) is 0. The van der Waals surface area contributed by atoms with Crippen LogP contribution in [-0.2, 0) is 14.3 Å². The Morgan fingerprint density at radius 1 is 1.28 bits per heavy atom. The maximum absolute atomic E-state index is 11.6. The van der Waals surface area contributed by atoms with Crippen molar-refractivity contribution in [3.63, 3.8) is 0 Å². The summed E-state index contributed by atoms with van der Waals surface area (Å²) >= 11 is 0. The molecule has 0 N–H and O–H groups in total. The predicted octanol–water partition coefficient (Wildman–Crippen LogP) is 3.47. The molecule has 0 aliphatic rings. The van der Waals surface area contributed by atoms with E-state index in [-0.39, 0.29) is 5.60 Å². The minimum Gasteiger partial charge on any atom is -0.475 e. The zero-order chi connectivity index (χ0) is 14.2. The zero-order valence-corrected chi connectivity index (χ0v) is 12.4. The standard InChI is InChI=1S/C14H25NO3/c1-7-11(13(16)17-10-4)15-12(8-2)18-14(5,6)9-3/h7H,8-10H2,1-6H3/b11-7-,15-12?. The van der Waals surface area contributed by atoms with Gasteiger partial charge in [-0.2, -0.15) is 0 Å². The quantitative estimate of drug-likeness (QED) is 0.316. The summed E-state index contributed by atoms with van der Waals surface area (Å²) in [7, 11) is 0. The number of aliphatic imine (C=N–C) groups is 1. The fraction of sp³-hybridized carbons (Fsp3) is 0.714. The Labute approximate surface area is 110 Å². The third-order valence-electron chi connectivity index (χ3n) is 2.55. The van der Waals surface area contributed by atoms with Gasteiger partial charge in [-0.05, 0) is 34.1 Å². The highest BCUT2D eigenvalue weighted by Gasteiger charge is 2.19. The molecule has 104 valence electrons. The molecule has 0 bridgehead atoms. The van der Waals surface area contributed by atoms with Crippen LogP contribution in [0.25, 0.3) is 0 Å². The van der Waals surface area contributed by atoms with Crippen LogP contribution in [0.4, 0.5) is 0 Å². The van der Waals surface area contributed by atoms with Crippen LogP contribution >= 0.6 is 0 Å². The molecule has 0 atom stereocenters. The summed E-state index contributed by atoms with van der Waals surface area (Å²) in [5.74, 6) is 0.145. The Hall–Kier alpha value is -1.32. The van der Waals surface area contributed by atoms with Crippen molar-refractivity contribution in [2.75, 3.05) is 6.61 Å². The number of allylic oxidation sites excluding steroid dienone is 1. The lowest BCUT2D eigenvalue weighted by Gasteiger charge is -2.25. The van der Waals surface area contributed by atoms with E-state index >= 15 is 0 Å². The summed E-state index contributed by atoms with van der Waals surface area (Å²) in [6.07, 6.45) is 3.15. The van der Waals surface area contributed by atoms with Gasteiger partial charge in [0.25, 0.3) is 0 Å². The molecular formula is C14H25NO3. The molecule has 0 heterocycles. The molecular weight excluding hydrogens is 230 g/mol. The monoisotopic (exact) mass is 255 g/mol. The van der Waals surface area contributed by atoms with Crippen LogP contribution in [0.15, 0.2) is 16.8 Å². The maximum Gasteiger partial charge on any atom is 0.356 e. The van der Waals surface area contributed by atoms with E-state index in [1.807, 2.05) is 20.8 Å². The Kier molecular flexibility index (Phi) is 7.32. The van der Waals surface area contributed by atoms with Crippen molar-refractivity contribution < 1.29 is 14.3 Å². The highest BCUT2D eigenvalue weighted by molar-refractivity contribution is 5.92. The van der Waals surface area contributed by atoms with Gasteiger partial charge in [0.05, 0.1) is 6.61 Å². The molecule has 0 unspecified atom stereocenters. The van der Waals surface area contributed by atoms with Gasteiger partial charge in [0, 0.05) is 6.42 Å². The molecule has 0 spiro atoms. The van der Waals surface area contributed by atoms with Crippen molar-refractivity contribution in [3.8, 4) is 0 Å². The molecule has 0 aromatic rings. The van der Waals surface area contributed by atoms with Crippen LogP contribution in [0.3, 0.4) is 0 Å². The SMILES string of the molecule is C/C=C(\N=C(CC)OC(C)(C)CC)C(=O)OCC. The van der Waals surface area contributed by atoms with E-state index in [1.54, 1.807) is 19.9 Å². The van der Waals surface area contributed by atoms with Crippen molar-refractivity contribution in [1.82, 2.24) is 0 Å². The third-order valence-corrected chi connectivity index (χ3v) is 2.55. The first-order valence-corrected chi connectivity index (χ1v) is 6.50. The molecule has 0 saturated carbocycles. The van der Waals surface area contributed by atoms with Gasteiger partial charge in [0.15, 0.2) is 5.90 Å². The van der Waals surface area contributed by atoms with E-state index in [4.69, 9.17) is 9.47 Å². The fourth-order valence-corrected chi connectivity index (χ4v) is 1.13. The number of carbonyl (C=O) groups is 1. The van der Waals surface area contributed by atoms with Crippen molar-refractivity contribution in [3.05, 3.63) is 11.8 Å². The van der Waals surface area contributed by atoms with Gasteiger partial charge >= 0.3 is 5.97 Å². The second kappa shape index (κ2) is 7.90. The first kappa shape index (κ1) is 16.7. The molecule has 0 fully saturated rings. The highest BCUT2D eigenvalue weighted by atomic mass is 16.5. The number of esters is 1. The third kappa shape index (κ3) is 5.84. The van der Waals surface area contributed by atoms with Gasteiger partial charge in [0.2, 0.25) is 0 Å². The molecule has 0 aliphatic heterocycles. The minimum atomic E-state index is -0.413. The van der Waals surface area contributed by atoms with Gasteiger partial charge in [-0.3, -0.25) is 0 Å². The molecule has 0 aliphatic carbocycles. The van der Waals surface area contributed by atoms with Crippen molar-refractivity contribution in [2.45, 2.75) is 60.0 Å². The van der Waals surface area contributed by atoms with Crippen LogP contribution < -0.4 is 0 Å². The van der Waals surface area contributed by atoms with Crippen LogP contribution in [-0.4, -0.2) is 24.1 Å². The Morgan fingerprint density at radius 3 is 2.28 bits per heavy atom. The van der Waals surface area contributed by atoms with E-state index in [0.29, 0.717) is 24.6 Å². The van der Waals surface area contributed by atoms with Crippen molar-refractivity contribution in [2.24, 2.45) is 4.99 Å². The van der Waals surface area contributed by atoms with Crippen LogP contribution in [0.2, 0.25) is 0 Å². The van der Waals surface area contributed by atoms with E-state index in [0.717, 1.165) is 6.42 Å². The van der Waals surface area contributed by atoms with Crippen molar-refractivity contribution >= 4 is 11.9 Å². The summed E-state index contributed by atoms with van der Waals surface area (Å²) in [4.78, 5) is 15.9. The van der Waals surface area contributed by atoms with E-state index in [2.05, 4.69) is 11.9 Å². The number of nitrogens with zero attached hydrogens (tertiary/aromatic N) is 1. The normalized spacial score (nSPS) is 13.4. The van der Waals surface area contributed by atoms with Gasteiger partial charge in [-0.15, -0.1) is 0 Å². The van der Waals surface area contributed by atoms with Crippen LogP contribution in [0.1, 0.15) is 54.4 Å². The van der Waals surface area contributed by atoms with Crippen LogP contribution in [0.5, 0.6) is 0 Å². The topological polar surface area (TPSA) is 47.9 Å². The Balaban J connectivity index is 4.92. The lowest BCUT2D eigenvalue weighted by atomic mass is 10.1. The smallest absolute Gasteiger partial charge is 0.356 e. The maximum atomic E-state index is 11.6. The molecule has 0 amide bonds. The average Bonchev–Trinajstić information content (AvgIpc) is 2.34. The fourth-order valence-electron chi connectivity index (χ4n) is 1.13. The lowest BCUT2D eigenvalue weighted by Crippen LogP contribution is -2.27. The largest absolute Gasteiger partial charge is 0.475 e. The van der Waals surface area contributed by atoms with Gasteiger partial charge in [-0.1, -0.05) is 19.9 Å². The highest BCUT2D eigenvalue weighted by Crippen LogP contribution is 2.16. The molecule has 0 aromatic carbocycles. The average molecular weight is 255 g/mol. The first-order chi connectivity index (χ1) is 8.40. The number of hydrogen-bond acceptors (Lipinski definition) is 4. The Bertz CT molecular complexity index is 330. The predicted molar refractivity (Wildman–Crippen MR) is 73.6 cm³/mol. The zero-order valence-electron chi connectivity index (χ0n) is 12.4. The molecule has 0 radical (unpaired) electrons. The van der Waals surface area contributed by atoms with E-state index in [9.17, 15) is 4.79 Å². The number of carbonyl (C=O) groups excluding carboxylic acids is 1. The summed E-state index contributed by atoms with van der Waals surface area (Å²) in [5.41, 5.74) is 0.0168. The second-order valence-electron chi connectivity index (χ2n) is 4.47. The molecule has 4 nitrogen and oxygen atoms in total. The summed E-state index contributed by atoms with van der Waals surface area (Å²) in [5, 5.41) is 0. The van der Waals surface area contributed by atoms with Crippen LogP contribution in [0, 0.1) is 0 Å². The summed E-state index contributed by atoms with van der Waals surface area (Å²) in [6.45, 7) is 11.9. The second-order valence-corrected chi connectivity index (χ2v) is 4.47.